The lowest BCUT2D eigenvalue weighted by Gasteiger charge is -2.01. The average Bonchev–Trinajstić information content (AvgIpc) is 2.12. The molecule has 0 fully saturated rings. The standard InChI is InChI=1S/C10H8NO/c1-11-9-5-3-2-4-8(9)6-7-10(11)12/h2,4-7H,1H3. The minimum atomic E-state index is 0.0158. The summed E-state index contributed by atoms with van der Waals surface area (Å²) < 4.78 is 1.62. The van der Waals surface area contributed by atoms with Crippen LogP contribution in [-0.4, -0.2) is 4.57 Å². The van der Waals surface area contributed by atoms with E-state index in [2.05, 4.69) is 6.07 Å². The first-order valence-corrected chi connectivity index (χ1v) is 3.75. The van der Waals surface area contributed by atoms with Crippen LogP contribution in [0.5, 0.6) is 0 Å². The summed E-state index contributed by atoms with van der Waals surface area (Å²) in [4.78, 5) is 11.2. The zero-order valence-corrected chi connectivity index (χ0v) is 6.74. The second-order valence-corrected chi connectivity index (χ2v) is 2.72. The van der Waals surface area contributed by atoms with Gasteiger partial charge in [-0.1, -0.05) is 12.1 Å². The molecule has 0 aliphatic heterocycles. The molecule has 1 aromatic heterocycles. The number of hydrogen-bond acceptors (Lipinski definition) is 1. The molecule has 0 spiro atoms. The normalized spacial score (nSPS) is 10.4. The average molecular weight is 158 g/mol. The van der Waals surface area contributed by atoms with E-state index >= 15 is 0 Å². The summed E-state index contributed by atoms with van der Waals surface area (Å²) in [6.45, 7) is 0. The number of aryl methyl sites for hydroxylation is 1. The van der Waals surface area contributed by atoms with Crippen molar-refractivity contribution < 1.29 is 0 Å². The van der Waals surface area contributed by atoms with E-state index in [-0.39, 0.29) is 5.56 Å². The van der Waals surface area contributed by atoms with E-state index in [0.717, 1.165) is 10.9 Å². The molecule has 0 saturated heterocycles. The summed E-state index contributed by atoms with van der Waals surface area (Å²) in [6, 6.07) is 11.9. The number of fused-ring (bicyclic) bond motifs is 1. The maximum absolute atomic E-state index is 11.2. The summed E-state index contributed by atoms with van der Waals surface area (Å²) in [7, 11) is 1.76. The van der Waals surface area contributed by atoms with Crippen LogP contribution in [0.4, 0.5) is 0 Å². The van der Waals surface area contributed by atoms with Crippen molar-refractivity contribution in [1.82, 2.24) is 4.57 Å². The fourth-order valence-corrected chi connectivity index (χ4v) is 1.26. The smallest absolute Gasteiger partial charge is 0.250 e. The number of benzene rings is 1. The molecule has 2 aromatic rings. The second kappa shape index (κ2) is 2.48. The van der Waals surface area contributed by atoms with Crippen molar-refractivity contribution in [3.05, 3.63) is 46.8 Å². The maximum Gasteiger partial charge on any atom is 0.250 e. The first-order valence-electron chi connectivity index (χ1n) is 3.75. The van der Waals surface area contributed by atoms with Crippen LogP contribution >= 0.6 is 0 Å². The lowest BCUT2D eigenvalue weighted by molar-refractivity contribution is 0.906. The number of rotatable bonds is 0. The molecule has 0 unspecified atom stereocenters. The van der Waals surface area contributed by atoms with Crippen molar-refractivity contribution in [3.8, 4) is 0 Å². The Kier molecular flexibility index (Phi) is 1.47. The third-order valence-corrected chi connectivity index (χ3v) is 1.97. The number of nitrogens with zero attached hydrogens (tertiary/aromatic N) is 1. The van der Waals surface area contributed by atoms with Gasteiger partial charge in [-0.05, 0) is 23.6 Å². The first-order chi connectivity index (χ1) is 5.79. The molecule has 0 aliphatic carbocycles. The molecule has 1 heterocycles. The van der Waals surface area contributed by atoms with Crippen molar-refractivity contribution in [2.45, 2.75) is 0 Å². The van der Waals surface area contributed by atoms with Crippen LogP contribution in [0.15, 0.2) is 35.1 Å². The molecule has 0 N–H and O–H groups in total. The summed E-state index contributed by atoms with van der Waals surface area (Å²) in [6.07, 6.45) is 0. The summed E-state index contributed by atoms with van der Waals surface area (Å²) in [5, 5.41) is 1.07. The third kappa shape index (κ3) is 0.925. The van der Waals surface area contributed by atoms with Gasteiger partial charge in [0.05, 0.1) is 5.52 Å². The van der Waals surface area contributed by atoms with Crippen LogP contribution in [0.1, 0.15) is 0 Å². The van der Waals surface area contributed by atoms with Crippen LogP contribution in [0.25, 0.3) is 10.9 Å². The van der Waals surface area contributed by atoms with Gasteiger partial charge in [0, 0.05) is 13.1 Å². The molecular weight excluding hydrogens is 150 g/mol. The molecule has 12 heavy (non-hydrogen) atoms. The molecule has 0 aliphatic rings. The fourth-order valence-electron chi connectivity index (χ4n) is 1.26. The van der Waals surface area contributed by atoms with Gasteiger partial charge in [-0.3, -0.25) is 4.79 Å². The van der Waals surface area contributed by atoms with Crippen LogP contribution in [0.2, 0.25) is 0 Å². The SMILES string of the molecule is Cn1c(=O)ccc2cc[c]cc21. The predicted octanol–water partition coefficient (Wildman–Crippen LogP) is 1.34. The van der Waals surface area contributed by atoms with Gasteiger partial charge >= 0.3 is 0 Å². The molecular formula is C10H8NO. The van der Waals surface area contributed by atoms with E-state index in [1.165, 1.54) is 0 Å². The van der Waals surface area contributed by atoms with Gasteiger partial charge in [0.1, 0.15) is 0 Å². The second-order valence-electron chi connectivity index (χ2n) is 2.72. The van der Waals surface area contributed by atoms with Crippen molar-refractivity contribution in [3.63, 3.8) is 0 Å². The quantitative estimate of drug-likeness (QED) is 0.567. The van der Waals surface area contributed by atoms with Crippen molar-refractivity contribution >= 4 is 10.9 Å². The minimum Gasteiger partial charge on any atom is -0.311 e. The summed E-state index contributed by atoms with van der Waals surface area (Å²) in [5.74, 6) is 0. The lowest BCUT2D eigenvalue weighted by atomic mass is 10.2. The van der Waals surface area contributed by atoms with Gasteiger partial charge in [-0.15, -0.1) is 0 Å². The highest BCUT2D eigenvalue weighted by Gasteiger charge is 1.95. The van der Waals surface area contributed by atoms with E-state index < -0.39 is 0 Å². The molecule has 1 radical (unpaired) electrons. The van der Waals surface area contributed by atoms with Gasteiger partial charge < -0.3 is 4.57 Å². The Morgan fingerprint density at radius 2 is 2.17 bits per heavy atom. The molecule has 0 atom stereocenters. The van der Waals surface area contributed by atoms with Crippen molar-refractivity contribution in [1.29, 1.82) is 0 Å². The van der Waals surface area contributed by atoms with Crippen molar-refractivity contribution in [2.24, 2.45) is 7.05 Å². The highest BCUT2D eigenvalue weighted by molar-refractivity contribution is 5.78. The van der Waals surface area contributed by atoms with Crippen LogP contribution < -0.4 is 5.56 Å². The highest BCUT2D eigenvalue weighted by atomic mass is 16.1. The maximum atomic E-state index is 11.2. The van der Waals surface area contributed by atoms with Gasteiger partial charge in [0.15, 0.2) is 0 Å². The zero-order chi connectivity index (χ0) is 8.55. The van der Waals surface area contributed by atoms with Gasteiger partial charge in [-0.2, -0.15) is 0 Å². The monoisotopic (exact) mass is 158 g/mol. The molecule has 0 bridgehead atoms. The van der Waals surface area contributed by atoms with E-state index in [9.17, 15) is 4.79 Å². The third-order valence-electron chi connectivity index (χ3n) is 1.97. The summed E-state index contributed by atoms with van der Waals surface area (Å²) >= 11 is 0. The van der Waals surface area contributed by atoms with Crippen molar-refractivity contribution in [2.75, 3.05) is 0 Å². The Hall–Kier alpha value is -1.57. The van der Waals surface area contributed by atoms with E-state index in [1.54, 1.807) is 17.7 Å². The Labute approximate surface area is 70.1 Å². The van der Waals surface area contributed by atoms with E-state index in [1.807, 2.05) is 24.3 Å². The fraction of sp³-hybridized carbons (Fsp3) is 0.100. The number of pyridine rings is 1. The Morgan fingerprint density at radius 1 is 1.33 bits per heavy atom. The Bertz CT molecular complexity index is 470. The lowest BCUT2D eigenvalue weighted by Crippen LogP contribution is -2.14. The van der Waals surface area contributed by atoms with E-state index in [0.29, 0.717) is 0 Å². The van der Waals surface area contributed by atoms with Gasteiger partial charge in [0.25, 0.3) is 5.56 Å². The Balaban J connectivity index is 3.01. The van der Waals surface area contributed by atoms with Crippen LogP contribution in [-0.2, 0) is 7.05 Å². The molecule has 2 rings (SSSR count). The minimum absolute atomic E-state index is 0.0158. The number of aromatic nitrogens is 1. The largest absolute Gasteiger partial charge is 0.311 e. The molecule has 2 nitrogen and oxygen atoms in total. The topological polar surface area (TPSA) is 22.0 Å². The number of hydrogen-bond donors (Lipinski definition) is 0. The highest BCUT2D eigenvalue weighted by Crippen LogP contribution is 2.08. The summed E-state index contributed by atoms with van der Waals surface area (Å²) in [5.41, 5.74) is 0.937. The zero-order valence-electron chi connectivity index (χ0n) is 6.74. The van der Waals surface area contributed by atoms with Gasteiger partial charge in [0.2, 0.25) is 0 Å². The van der Waals surface area contributed by atoms with Gasteiger partial charge in [-0.25, -0.2) is 0 Å². The molecule has 0 saturated carbocycles. The van der Waals surface area contributed by atoms with Crippen LogP contribution in [0.3, 0.4) is 0 Å². The first kappa shape index (κ1) is 7.10. The molecule has 59 valence electrons. The molecule has 0 amide bonds. The molecule has 2 heteroatoms. The van der Waals surface area contributed by atoms with E-state index in [4.69, 9.17) is 0 Å². The Morgan fingerprint density at radius 3 is 3.00 bits per heavy atom. The van der Waals surface area contributed by atoms with Crippen LogP contribution in [0, 0.1) is 6.07 Å². The predicted molar refractivity (Wildman–Crippen MR) is 48.0 cm³/mol. The molecule has 1 aromatic carbocycles.